The first-order valence-corrected chi connectivity index (χ1v) is 8.12. The molecule has 0 bridgehead atoms. The highest BCUT2D eigenvalue weighted by molar-refractivity contribution is 5.75. The maximum absolute atomic E-state index is 10.0. The summed E-state index contributed by atoms with van der Waals surface area (Å²) in [5.41, 5.74) is 2.27. The zero-order chi connectivity index (χ0) is 14.7. The van der Waals surface area contributed by atoms with Crippen molar-refractivity contribution in [2.75, 3.05) is 6.54 Å². The van der Waals surface area contributed by atoms with Crippen molar-refractivity contribution in [1.82, 2.24) is 14.9 Å². The van der Waals surface area contributed by atoms with Gasteiger partial charge in [-0.15, -0.1) is 0 Å². The number of nitrogens with one attached hydrogen (secondary N) is 1. The second kappa shape index (κ2) is 6.58. The summed E-state index contributed by atoms with van der Waals surface area (Å²) >= 11 is 0. The zero-order valence-electron chi connectivity index (χ0n) is 12.8. The molecule has 1 aliphatic carbocycles. The number of hydrogen-bond donors (Lipinski definition) is 2. The minimum Gasteiger partial charge on any atom is -0.393 e. The third-order valence-corrected chi connectivity index (χ3v) is 4.61. The third-order valence-electron chi connectivity index (χ3n) is 4.61. The molecule has 1 heterocycles. The van der Waals surface area contributed by atoms with Crippen molar-refractivity contribution in [3.05, 3.63) is 30.1 Å². The first-order chi connectivity index (χ1) is 10.3. The second-order valence-corrected chi connectivity index (χ2v) is 6.00. The molecule has 0 amide bonds. The van der Waals surface area contributed by atoms with E-state index in [0.717, 1.165) is 43.8 Å². The summed E-state index contributed by atoms with van der Waals surface area (Å²) in [5, 5.41) is 13.5. The molecule has 1 saturated carbocycles. The smallest absolute Gasteiger partial charge is 0.123 e. The van der Waals surface area contributed by atoms with Gasteiger partial charge in [-0.3, -0.25) is 0 Å². The van der Waals surface area contributed by atoms with Crippen LogP contribution in [0.25, 0.3) is 11.0 Å². The lowest BCUT2D eigenvalue weighted by Crippen LogP contribution is -2.34. The topological polar surface area (TPSA) is 50.1 Å². The molecule has 0 radical (unpaired) electrons. The van der Waals surface area contributed by atoms with E-state index in [4.69, 9.17) is 4.98 Å². The van der Waals surface area contributed by atoms with E-state index in [1.807, 2.05) is 6.07 Å². The van der Waals surface area contributed by atoms with E-state index in [0.29, 0.717) is 5.92 Å². The lowest BCUT2D eigenvalue weighted by molar-refractivity contribution is 0.0694. The van der Waals surface area contributed by atoms with Crippen LogP contribution in [0.1, 0.15) is 38.4 Å². The van der Waals surface area contributed by atoms with Crippen LogP contribution in [0, 0.1) is 5.92 Å². The molecule has 0 saturated heterocycles. The molecule has 1 aliphatic rings. The lowest BCUT2D eigenvalue weighted by Gasteiger charge is -2.27. The molecule has 0 aliphatic heterocycles. The van der Waals surface area contributed by atoms with Crippen molar-refractivity contribution in [1.29, 1.82) is 0 Å². The van der Waals surface area contributed by atoms with Crippen LogP contribution in [0.15, 0.2) is 24.3 Å². The molecule has 2 aromatic rings. The fraction of sp³-hybridized carbons (Fsp3) is 0.588. The average molecular weight is 287 g/mol. The van der Waals surface area contributed by atoms with Gasteiger partial charge in [0.05, 0.1) is 23.7 Å². The highest BCUT2D eigenvalue weighted by Crippen LogP contribution is 2.23. The summed E-state index contributed by atoms with van der Waals surface area (Å²) in [6, 6.07) is 8.28. The molecule has 2 atom stereocenters. The van der Waals surface area contributed by atoms with Crippen LogP contribution < -0.4 is 5.32 Å². The van der Waals surface area contributed by atoms with Crippen LogP contribution in [-0.2, 0) is 13.1 Å². The number of fused-ring (bicyclic) bond motifs is 1. The predicted molar refractivity (Wildman–Crippen MR) is 85.1 cm³/mol. The Bertz CT molecular complexity index is 593. The van der Waals surface area contributed by atoms with Gasteiger partial charge in [-0.1, -0.05) is 25.0 Å². The van der Waals surface area contributed by atoms with Crippen LogP contribution in [0.4, 0.5) is 0 Å². The van der Waals surface area contributed by atoms with Gasteiger partial charge < -0.3 is 15.0 Å². The number of aryl methyl sites for hydroxylation is 1. The Kier molecular flexibility index (Phi) is 4.56. The zero-order valence-corrected chi connectivity index (χ0v) is 12.8. The van der Waals surface area contributed by atoms with Crippen molar-refractivity contribution >= 4 is 11.0 Å². The van der Waals surface area contributed by atoms with Crippen molar-refractivity contribution in [3.63, 3.8) is 0 Å². The van der Waals surface area contributed by atoms with E-state index in [-0.39, 0.29) is 6.10 Å². The van der Waals surface area contributed by atoms with E-state index in [2.05, 4.69) is 35.0 Å². The van der Waals surface area contributed by atoms with Gasteiger partial charge in [0.15, 0.2) is 0 Å². The number of imidazole rings is 1. The Hall–Kier alpha value is -1.39. The Morgan fingerprint density at radius 2 is 2.10 bits per heavy atom. The summed E-state index contributed by atoms with van der Waals surface area (Å²) < 4.78 is 2.26. The van der Waals surface area contributed by atoms with Crippen molar-refractivity contribution in [3.8, 4) is 0 Å². The predicted octanol–water partition coefficient (Wildman–Crippen LogP) is 2.70. The minimum atomic E-state index is -0.128. The van der Waals surface area contributed by atoms with Gasteiger partial charge in [0.2, 0.25) is 0 Å². The minimum absolute atomic E-state index is 0.128. The third kappa shape index (κ3) is 3.11. The van der Waals surface area contributed by atoms with Gasteiger partial charge in [0.25, 0.3) is 0 Å². The number of para-hydroxylation sites is 2. The van der Waals surface area contributed by atoms with Gasteiger partial charge in [-0.25, -0.2) is 4.98 Å². The molecule has 21 heavy (non-hydrogen) atoms. The molecule has 1 fully saturated rings. The number of hydrogen-bond acceptors (Lipinski definition) is 3. The first-order valence-electron chi connectivity index (χ1n) is 8.12. The van der Waals surface area contributed by atoms with Crippen LogP contribution >= 0.6 is 0 Å². The fourth-order valence-electron chi connectivity index (χ4n) is 3.41. The van der Waals surface area contributed by atoms with Crippen molar-refractivity contribution in [2.45, 2.75) is 51.8 Å². The van der Waals surface area contributed by atoms with Crippen LogP contribution in [0.5, 0.6) is 0 Å². The molecule has 2 unspecified atom stereocenters. The number of aromatic nitrogens is 2. The van der Waals surface area contributed by atoms with Crippen molar-refractivity contribution in [2.24, 2.45) is 5.92 Å². The highest BCUT2D eigenvalue weighted by atomic mass is 16.3. The number of aliphatic hydroxyl groups excluding tert-OH is 1. The number of aliphatic hydroxyl groups is 1. The van der Waals surface area contributed by atoms with Crippen LogP contribution in [0.3, 0.4) is 0 Å². The normalized spacial score (nSPS) is 22.8. The Balaban J connectivity index is 1.65. The molecule has 1 aromatic heterocycles. The fourth-order valence-corrected chi connectivity index (χ4v) is 3.41. The number of rotatable bonds is 5. The Morgan fingerprint density at radius 3 is 2.90 bits per heavy atom. The maximum atomic E-state index is 10.0. The molecule has 2 N–H and O–H groups in total. The van der Waals surface area contributed by atoms with E-state index in [1.54, 1.807) is 0 Å². The number of benzene rings is 1. The largest absolute Gasteiger partial charge is 0.393 e. The lowest BCUT2D eigenvalue weighted by atomic mass is 9.86. The summed E-state index contributed by atoms with van der Waals surface area (Å²) in [6.07, 6.45) is 4.38. The van der Waals surface area contributed by atoms with Crippen LogP contribution in [0.2, 0.25) is 0 Å². The molecule has 1 aromatic carbocycles. The molecular weight excluding hydrogens is 262 g/mol. The van der Waals surface area contributed by atoms with E-state index in [1.165, 1.54) is 18.4 Å². The van der Waals surface area contributed by atoms with Gasteiger partial charge in [-0.2, -0.15) is 0 Å². The molecular formula is C17H25N3O. The first kappa shape index (κ1) is 14.5. The molecule has 3 rings (SSSR count). The van der Waals surface area contributed by atoms with E-state index in [9.17, 15) is 5.11 Å². The quantitative estimate of drug-likeness (QED) is 0.889. The molecule has 114 valence electrons. The summed E-state index contributed by atoms with van der Waals surface area (Å²) in [4.78, 5) is 4.72. The maximum Gasteiger partial charge on any atom is 0.123 e. The van der Waals surface area contributed by atoms with Crippen molar-refractivity contribution < 1.29 is 5.11 Å². The SMILES string of the molecule is CCn1c(CNCC2CCCCC2O)nc2ccccc21. The molecule has 0 spiro atoms. The Labute approximate surface area is 126 Å². The van der Waals surface area contributed by atoms with Gasteiger partial charge >= 0.3 is 0 Å². The Morgan fingerprint density at radius 1 is 1.29 bits per heavy atom. The number of nitrogens with zero attached hydrogens (tertiary/aromatic N) is 2. The summed E-state index contributed by atoms with van der Waals surface area (Å²) in [6.45, 7) is 4.74. The molecule has 4 nitrogen and oxygen atoms in total. The van der Waals surface area contributed by atoms with E-state index < -0.39 is 0 Å². The van der Waals surface area contributed by atoms with Gasteiger partial charge in [0.1, 0.15) is 5.82 Å². The average Bonchev–Trinajstić information content (AvgIpc) is 2.86. The standard InChI is InChI=1S/C17H25N3O/c1-2-20-15-9-5-4-8-14(15)19-17(20)12-18-11-13-7-3-6-10-16(13)21/h4-5,8-9,13,16,18,21H,2-3,6-7,10-12H2,1H3. The second-order valence-electron chi connectivity index (χ2n) is 6.00. The van der Waals surface area contributed by atoms with Gasteiger partial charge in [0, 0.05) is 13.1 Å². The van der Waals surface area contributed by atoms with Gasteiger partial charge in [-0.05, 0) is 37.8 Å². The monoisotopic (exact) mass is 287 g/mol. The highest BCUT2D eigenvalue weighted by Gasteiger charge is 2.22. The summed E-state index contributed by atoms with van der Waals surface area (Å²) in [5.74, 6) is 1.49. The molecule has 4 heteroatoms. The van der Waals surface area contributed by atoms with E-state index >= 15 is 0 Å². The van der Waals surface area contributed by atoms with Crippen LogP contribution in [-0.4, -0.2) is 27.3 Å². The summed E-state index contributed by atoms with van der Waals surface area (Å²) in [7, 11) is 0.